The summed E-state index contributed by atoms with van der Waals surface area (Å²) < 4.78 is 39.4. The number of benzene rings is 2. The van der Waals surface area contributed by atoms with E-state index < -0.39 is 29.0 Å². The summed E-state index contributed by atoms with van der Waals surface area (Å²) in [5.41, 5.74) is 2.63. The van der Waals surface area contributed by atoms with Crippen LogP contribution in [0.5, 0.6) is 11.5 Å². The average molecular weight is 455 g/mol. The number of rotatable bonds is 8. The van der Waals surface area contributed by atoms with E-state index in [2.05, 4.69) is 16.8 Å². The predicted octanol–water partition coefficient (Wildman–Crippen LogP) is 4.53. The summed E-state index contributed by atoms with van der Waals surface area (Å²) in [6, 6.07) is 8.75. The van der Waals surface area contributed by atoms with E-state index in [0.717, 1.165) is 23.8 Å². The summed E-state index contributed by atoms with van der Waals surface area (Å²) in [7, 11) is 0. The monoisotopic (exact) mass is 454 g/mol. The molecule has 158 valence electrons. The molecule has 1 heterocycles. The molecule has 0 saturated heterocycles. The molecule has 1 aliphatic rings. The van der Waals surface area contributed by atoms with Gasteiger partial charge in [-0.15, -0.1) is 0 Å². The quantitative estimate of drug-likeness (QED) is 0.399. The molecule has 0 aliphatic carbocycles. The summed E-state index contributed by atoms with van der Waals surface area (Å²) in [5, 5.41) is 9.77. The minimum Gasteiger partial charge on any atom is -0.482 e. The highest BCUT2D eigenvalue weighted by Gasteiger charge is 2.32. The molecule has 1 atom stereocenters. The number of ether oxygens (including phenoxy) is 2. The van der Waals surface area contributed by atoms with Crippen molar-refractivity contribution in [1.82, 2.24) is 10.3 Å². The van der Waals surface area contributed by atoms with Crippen molar-refractivity contribution in [3.8, 4) is 11.5 Å². The maximum Gasteiger partial charge on any atom is 0.351 e. The van der Waals surface area contributed by atoms with Crippen molar-refractivity contribution < 1.29 is 28.2 Å². The summed E-state index contributed by atoms with van der Waals surface area (Å²) in [5.74, 6) is -4.31. The van der Waals surface area contributed by atoms with Crippen LogP contribution in [0, 0.1) is 11.6 Å². The Morgan fingerprint density at radius 3 is 2.50 bits per heavy atom. The second-order valence-corrected chi connectivity index (χ2v) is 7.69. The van der Waals surface area contributed by atoms with Crippen LogP contribution in [0.15, 0.2) is 54.0 Å². The summed E-state index contributed by atoms with van der Waals surface area (Å²) >= 11 is 7.11. The van der Waals surface area contributed by atoms with E-state index in [1.807, 2.05) is 0 Å². The van der Waals surface area contributed by atoms with Crippen LogP contribution < -0.4 is 19.7 Å². The molecule has 10 heteroatoms. The number of aliphatic carboxylic acids is 1. The molecule has 2 aromatic rings. The van der Waals surface area contributed by atoms with Gasteiger partial charge in [-0.3, -0.25) is 0 Å². The molecule has 3 rings (SSSR count). The van der Waals surface area contributed by atoms with Crippen LogP contribution in [0.4, 0.5) is 8.78 Å². The highest BCUT2D eigenvalue weighted by Crippen LogP contribution is 2.33. The van der Waals surface area contributed by atoms with Gasteiger partial charge in [0, 0.05) is 22.7 Å². The lowest BCUT2D eigenvalue weighted by molar-refractivity contribution is -0.149. The van der Waals surface area contributed by atoms with Gasteiger partial charge in [-0.05, 0) is 37.1 Å². The smallest absolute Gasteiger partial charge is 0.351 e. The molecule has 2 aromatic carbocycles. The molecule has 1 aliphatic heterocycles. The Kier molecular flexibility index (Phi) is 6.55. The second-order valence-electron chi connectivity index (χ2n) is 6.36. The number of carbonyl (C=O) groups is 1. The van der Waals surface area contributed by atoms with Gasteiger partial charge in [-0.2, -0.15) is 4.83 Å². The number of hydrazine groups is 1. The van der Waals surface area contributed by atoms with Gasteiger partial charge >= 0.3 is 5.97 Å². The van der Waals surface area contributed by atoms with Gasteiger partial charge < -0.3 is 20.0 Å². The maximum atomic E-state index is 14.4. The number of carboxylic acid groups (broad SMARTS) is 1. The molecule has 0 spiro atoms. The lowest BCUT2D eigenvalue weighted by atomic mass is 10.1. The largest absolute Gasteiger partial charge is 0.482 e. The highest BCUT2D eigenvalue weighted by molar-refractivity contribution is 8.01. The summed E-state index contributed by atoms with van der Waals surface area (Å²) in [6.07, 6.45) is 1.03. The Morgan fingerprint density at radius 1 is 1.30 bits per heavy atom. The van der Waals surface area contributed by atoms with Gasteiger partial charge in [-0.25, -0.2) is 13.6 Å². The first-order valence-electron chi connectivity index (χ1n) is 8.58. The van der Waals surface area contributed by atoms with Crippen molar-refractivity contribution in [2.75, 3.05) is 6.61 Å². The van der Waals surface area contributed by atoms with E-state index in [1.54, 1.807) is 24.3 Å². The zero-order chi connectivity index (χ0) is 21.9. The van der Waals surface area contributed by atoms with Crippen LogP contribution in [0.1, 0.15) is 12.5 Å². The first kappa shape index (κ1) is 21.9. The van der Waals surface area contributed by atoms with Gasteiger partial charge in [0.25, 0.3) is 0 Å². The van der Waals surface area contributed by atoms with Crippen molar-refractivity contribution in [2.45, 2.75) is 12.5 Å². The molecule has 0 unspecified atom stereocenters. The topological polar surface area (TPSA) is 79.8 Å². The normalized spacial score (nSPS) is 15.3. The minimum atomic E-state index is -1.84. The molecule has 0 amide bonds. The molecular weight excluding hydrogens is 438 g/mol. The number of nitrogens with one attached hydrogen (secondary N) is 2. The number of halogens is 3. The predicted molar refractivity (Wildman–Crippen MR) is 111 cm³/mol. The zero-order valence-electron chi connectivity index (χ0n) is 15.7. The van der Waals surface area contributed by atoms with Crippen LogP contribution in [-0.2, 0) is 4.79 Å². The molecule has 0 bridgehead atoms. The third kappa shape index (κ3) is 4.69. The standard InChI is InChI=1S/C20H17ClF2N2O4S/c1-3-20(2,19(26)27)29-13-8-14(22)18(15(23)9-13)28-10-16-17(24-25-30-16)11-4-6-12(21)7-5-11/h3-9,24-25H,1,10H2,2H3,(H,26,27)/t20-/m1/s1. The van der Waals surface area contributed by atoms with E-state index in [1.165, 1.54) is 18.9 Å². The first-order chi connectivity index (χ1) is 14.2. The van der Waals surface area contributed by atoms with Crippen molar-refractivity contribution in [3.05, 3.63) is 76.2 Å². The van der Waals surface area contributed by atoms with Crippen LogP contribution in [0.3, 0.4) is 0 Å². The highest BCUT2D eigenvalue weighted by atomic mass is 35.5. The number of hydrogen-bond donors (Lipinski definition) is 3. The lowest BCUT2D eigenvalue weighted by Gasteiger charge is -2.22. The minimum absolute atomic E-state index is 0.115. The summed E-state index contributed by atoms with van der Waals surface area (Å²) in [4.78, 5) is 14.8. The molecule has 0 fully saturated rings. The van der Waals surface area contributed by atoms with Crippen molar-refractivity contribution in [1.29, 1.82) is 0 Å². The van der Waals surface area contributed by atoms with Crippen molar-refractivity contribution >= 4 is 35.2 Å². The SMILES string of the molecule is C=C[C@@](C)(Oc1cc(F)c(OCC2=C(c3ccc(Cl)cc3)NNS2)c(F)c1)C(=O)O. The van der Waals surface area contributed by atoms with Crippen LogP contribution >= 0.6 is 23.5 Å². The van der Waals surface area contributed by atoms with E-state index in [0.29, 0.717) is 15.6 Å². The Labute approximate surface area is 180 Å². The number of carboxylic acids is 1. The lowest BCUT2D eigenvalue weighted by Crippen LogP contribution is -2.39. The van der Waals surface area contributed by atoms with Gasteiger partial charge in [-0.1, -0.05) is 30.3 Å². The molecular formula is C20H17ClF2N2O4S. The molecule has 3 N–H and O–H groups in total. The molecule has 0 aromatic heterocycles. The van der Waals surface area contributed by atoms with E-state index in [-0.39, 0.29) is 12.4 Å². The fourth-order valence-electron chi connectivity index (χ4n) is 2.50. The van der Waals surface area contributed by atoms with Crippen LogP contribution in [0.2, 0.25) is 5.02 Å². The fourth-order valence-corrected chi connectivity index (χ4v) is 3.29. The molecule has 0 radical (unpaired) electrons. The first-order valence-corrected chi connectivity index (χ1v) is 9.77. The van der Waals surface area contributed by atoms with E-state index >= 15 is 0 Å². The number of hydrogen-bond acceptors (Lipinski definition) is 6. The van der Waals surface area contributed by atoms with Crippen LogP contribution in [0.25, 0.3) is 5.70 Å². The Morgan fingerprint density at radius 2 is 1.93 bits per heavy atom. The Bertz CT molecular complexity index is 993. The third-order valence-corrected chi connectivity index (χ3v) is 5.25. The zero-order valence-corrected chi connectivity index (χ0v) is 17.2. The van der Waals surface area contributed by atoms with Gasteiger partial charge in [0.1, 0.15) is 12.4 Å². The second kappa shape index (κ2) is 8.95. The van der Waals surface area contributed by atoms with Gasteiger partial charge in [0.2, 0.25) is 5.60 Å². The fraction of sp³-hybridized carbons (Fsp3) is 0.150. The molecule has 30 heavy (non-hydrogen) atoms. The molecule has 0 saturated carbocycles. The third-order valence-electron chi connectivity index (χ3n) is 4.23. The van der Waals surface area contributed by atoms with Crippen molar-refractivity contribution in [2.24, 2.45) is 0 Å². The maximum absolute atomic E-state index is 14.4. The summed E-state index contributed by atoms with van der Waals surface area (Å²) in [6.45, 7) is 4.48. The van der Waals surface area contributed by atoms with E-state index in [9.17, 15) is 18.7 Å². The van der Waals surface area contributed by atoms with Gasteiger partial charge in [0.15, 0.2) is 17.4 Å². The van der Waals surface area contributed by atoms with Crippen molar-refractivity contribution in [3.63, 3.8) is 0 Å². The molecule has 6 nitrogen and oxygen atoms in total. The Hall–Kier alpha value is -2.75. The average Bonchev–Trinajstić information content (AvgIpc) is 3.16. The Balaban J connectivity index is 1.79. The van der Waals surface area contributed by atoms with E-state index in [4.69, 9.17) is 21.1 Å². The van der Waals surface area contributed by atoms with Gasteiger partial charge in [0.05, 0.1) is 10.6 Å². The van der Waals surface area contributed by atoms with Crippen LogP contribution in [-0.4, -0.2) is 23.3 Å².